The van der Waals surface area contributed by atoms with Crippen LogP contribution in [0.15, 0.2) is 28.7 Å². The van der Waals surface area contributed by atoms with E-state index >= 15 is 0 Å². The highest BCUT2D eigenvalue weighted by Gasteiger charge is 2.13. The molecule has 22 heavy (non-hydrogen) atoms. The van der Waals surface area contributed by atoms with E-state index in [1.165, 1.54) is 6.42 Å². The van der Waals surface area contributed by atoms with E-state index in [9.17, 15) is 4.79 Å². The molecule has 1 aromatic carbocycles. The van der Waals surface area contributed by atoms with Crippen molar-refractivity contribution >= 4 is 21.8 Å². The second kappa shape index (κ2) is 9.85. The first-order valence-corrected chi connectivity index (χ1v) is 8.89. The van der Waals surface area contributed by atoms with Gasteiger partial charge in [-0.25, -0.2) is 0 Å². The molecule has 0 aromatic heterocycles. The van der Waals surface area contributed by atoms with Crippen molar-refractivity contribution in [1.29, 1.82) is 0 Å². The molecule has 2 rings (SSSR count). The third-order valence-corrected chi connectivity index (χ3v) is 4.45. The van der Waals surface area contributed by atoms with E-state index in [0.717, 1.165) is 55.0 Å². The van der Waals surface area contributed by atoms with Gasteiger partial charge in [0.15, 0.2) is 0 Å². The maximum atomic E-state index is 11.7. The summed E-state index contributed by atoms with van der Waals surface area (Å²) >= 11 is 3.39. The first-order valence-electron chi connectivity index (χ1n) is 8.10. The molecule has 0 aliphatic carbocycles. The molecule has 1 atom stereocenters. The van der Waals surface area contributed by atoms with Crippen LogP contribution in [-0.4, -0.2) is 32.1 Å². The smallest absolute Gasteiger partial charge is 0.219 e. The average Bonchev–Trinajstić information content (AvgIpc) is 3.02. The van der Waals surface area contributed by atoms with Gasteiger partial charge in [-0.2, -0.15) is 0 Å². The van der Waals surface area contributed by atoms with Crippen LogP contribution in [0.1, 0.15) is 32.1 Å². The molecule has 0 radical (unpaired) electrons. The third-order valence-electron chi connectivity index (χ3n) is 3.92. The van der Waals surface area contributed by atoms with Crippen molar-refractivity contribution in [1.82, 2.24) is 10.6 Å². The Morgan fingerprint density at radius 1 is 1.32 bits per heavy atom. The minimum Gasteiger partial charge on any atom is -0.494 e. The number of carbonyl (C=O) groups excluding carboxylic acids is 1. The Balaban J connectivity index is 1.45. The number of amides is 1. The zero-order valence-electron chi connectivity index (χ0n) is 12.9. The highest BCUT2D eigenvalue weighted by Crippen LogP contribution is 2.16. The van der Waals surface area contributed by atoms with E-state index in [0.29, 0.717) is 13.0 Å². The monoisotopic (exact) mass is 368 g/mol. The number of unbranched alkanes of at least 4 members (excludes halogenated alkanes) is 1. The molecule has 0 saturated carbocycles. The normalized spacial score (nSPS) is 17.4. The van der Waals surface area contributed by atoms with Crippen molar-refractivity contribution in [3.05, 3.63) is 28.7 Å². The zero-order valence-corrected chi connectivity index (χ0v) is 14.5. The molecule has 1 saturated heterocycles. The average molecular weight is 369 g/mol. The van der Waals surface area contributed by atoms with Gasteiger partial charge >= 0.3 is 0 Å². The van der Waals surface area contributed by atoms with Crippen molar-refractivity contribution in [3.8, 4) is 5.75 Å². The Hall–Kier alpha value is -1.07. The van der Waals surface area contributed by atoms with Crippen LogP contribution in [0.25, 0.3) is 0 Å². The highest BCUT2D eigenvalue weighted by molar-refractivity contribution is 9.10. The number of benzene rings is 1. The van der Waals surface area contributed by atoms with Gasteiger partial charge < -0.3 is 15.4 Å². The van der Waals surface area contributed by atoms with E-state index in [1.54, 1.807) is 0 Å². The van der Waals surface area contributed by atoms with Gasteiger partial charge in [0, 0.05) is 17.4 Å². The standard InChI is InChI=1S/C17H25BrN2O2/c18-15-4-6-16(7-5-15)22-12-2-1-3-17(21)20-11-9-14-8-10-19-13-14/h4-7,14,19H,1-3,8-13H2,(H,20,21). The number of nitrogens with one attached hydrogen (secondary N) is 2. The quantitative estimate of drug-likeness (QED) is 0.658. The maximum Gasteiger partial charge on any atom is 0.219 e. The van der Waals surface area contributed by atoms with Crippen LogP contribution in [0.2, 0.25) is 0 Å². The minimum atomic E-state index is 0.162. The summed E-state index contributed by atoms with van der Waals surface area (Å²) < 4.78 is 6.68. The summed E-state index contributed by atoms with van der Waals surface area (Å²) in [6.07, 6.45) is 4.69. The Morgan fingerprint density at radius 2 is 2.14 bits per heavy atom. The highest BCUT2D eigenvalue weighted by atomic mass is 79.9. The van der Waals surface area contributed by atoms with Crippen molar-refractivity contribution < 1.29 is 9.53 Å². The van der Waals surface area contributed by atoms with E-state index in [1.807, 2.05) is 24.3 Å². The molecule has 1 aromatic rings. The fourth-order valence-electron chi connectivity index (χ4n) is 2.57. The summed E-state index contributed by atoms with van der Waals surface area (Å²) in [7, 11) is 0. The Bertz CT molecular complexity index is 444. The number of halogens is 1. The summed E-state index contributed by atoms with van der Waals surface area (Å²) in [4.78, 5) is 11.7. The van der Waals surface area contributed by atoms with Gasteiger partial charge in [-0.05, 0) is 69.0 Å². The second-order valence-corrected chi connectivity index (χ2v) is 6.67. The van der Waals surface area contributed by atoms with Gasteiger partial charge in [-0.1, -0.05) is 15.9 Å². The van der Waals surface area contributed by atoms with Crippen molar-refractivity contribution in [2.45, 2.75) is 32.1 Å². The second-order valence-electron chi connectivity index (χ2n) is 5.76. The number of rotatable bonds is 9. The summed E-state index contributed by atoms with van der Waals surface area (Å²) in [5.74, 6) is 1.77. The molecule has 1 amide bonds. The lowest BCUT2D eigenvalue weighted by Gasteiger charge is -2.09. The lowest BCUT2D eigenvalue weighted by molar-refractivity contribution is -0.121. The Kier molecular flexibility index (Phi) is 7.74. The van der Waals surface area contributed by atoms with Gasteiger partial charge in [0.2, 0.25) is 5.91 Å². The molecule has 1 heterocycles. The summed E-state index contributed by atoms with van der Waals surface area (Å²) in [5.41, 5.74) is 0. The van der Waals surface area contributed by atoms with Crippen LogP contribution in [0.4, 0.5) is 0 Å². The molecule has 5 heteroatoms. The first kappa shape index (κ1) is 17.3. The fourth-order valence-corrected chi connectivity index (χ4v) is 2.84. The molecule has 1 aliphatic heterocycles. The van der Waals surface area contributed by atoms with E-state index in [2.05, 4.69) is 26.6 Å². The molecule has 1 aliphatic rings. The van der Waals surface area contributed by atoms with Crippen LogP contribution < -0.4 is 15.4 Å². The van der Waals surface area contributed by atoms with E-state index in [4.69, 9.17) is 4.74 Å². The molecule has 4 nitrogen and oxygen atoms in total. The predicted octanol–water partition coefficient (Wildman–Crippen LogP) is 3.11. The molecule has 1 unspecified atom stereocenters. The largest absolute Gasteiger partial charge is 0.494 e. The van der Waals surface area contributed by atoms with E-state index < -0.39 is 0 Å². The van der Waals surface area contributed by atoms with Crippen LogP contribution in [0.3, 0.4) is 0 Å². The fraction of sp³-hybridized carbons (Fsp3) is 0.588. The molecular formula is C17H25BrN2O2. The summed E-state index contributed by atoms with van der Waals surface area (Å²) in [5, 5.41) is 6.36. The zero-order chi connectivity index (χ0) is 15.6. The van der Waals surface area contributed by atoms with Gasteiger partial charge in [0.25, 0.3) is 0 Å². The Morgan fingerprint density at radius 3 is 2.86 bits per heavy atom. The van der Waals surface area contributed by atoms with E-state index in [-0.39, 0.29) is 5.91 Å². The van der Waals surface area contributed by atoms with Crippen LogP contribution in [-0.2, 0) is 4.79 Å². The summed E-state index contributed by atoms with van der Waals surface area (Å²) in [6, 6.07) is 7.80. The number of carbonyl (C=O) groups is 1. The molecule has 122 valence electrons. The minimum absolute atomic E-state index is 0.162. The molecular weight excluding hydrogens is 344 g/mol. The number of ether oxygens (including phenoxy) is 1. The van der Waals surface area contributed by atoms with Crippen LogP contribution in [0.5, 0.6) is 5.75 Å². The molecule has 0 bridgehead atoms. The predicted molar refractivity (Wildman–Crippen MR) is 92.1 cm³/mol. The molecule has 0 spiro atoms. The maximum absolute atomic E-state index is 11.7. The van der Waals surface area contributed by atoms with Gasteiger partial charge in [0.05, 0.1) is 6.61 Å². The van der Waals surface area contributed by atoms with Crippen LogP contribution in [0, 0.1) is 5.92 Å². The van der Waals surface area contributed by atoms with Gasteiger partial charge in [0.1, 0.15) is 5.75 Å². The summed E-state index contributed by atoms with van der Waals surface area (Å²) in [6.45, 7) is 3.68. The number of hydrogen-bond acceptors (Lipinski definition) is 3. The lowest BCUT2D eigenvalue weighted by Crippen LogP contribution is -2.26. The third kappa shape index (κ3) is 6.79. The van der Waals surface area contributed by atoms with Crippen molar-refractivity contribution in [2.24, 2.45) is 5.92 Å². The van der Waals surface area contributed by atoms with Crippen LogP contribution >= 0.6 is 15.9 Å². The van der Waals surface area contributed by atoms with Gasteiger partial charge in [-0.3, -0.25) is 4.79 Å². The van der Waals surface area contributed by atoms with Crippen molar-refractivity contribution in [3.63, 3.8) is 0 Å². The first-order chi connectivity index (χ1) is 10.7. The number of hydrogen-bond donors (Lipinski definition) is 2. The molecule has 2 N–H and O–H groups in total. The van der Waals surface area contributed by atoms with Crippen molar-refractivity contribution in [2.75, 3.05) is 26.2 Å². The SMILES string of the molecule is O=C(CCCCOc1ccc(Br)cc1)NCCC1CCNC1. The topological polar surface area (TPSA) is 50.4 Å². The Labute approximate surface area is 141 Å². The lowest BCUT2D eigenvalue weighted by atomic mass is 10.1. The molecule has 1 fully saturated rings. The van der Waals surface area contributed by atoms with Gasteiger partial charge in [-0.15, -0.1) is 0 Å².